The highest BCUT2D eigenvalue weighted by atomic mass is 35.5. The summed E-state index contributed by atoms with van der Waals surface area (Å²) in [6.07, 6.45) is 0.851. The van der Waals surface area contributed by atoms with Crippen LogP contribution in [0.4, 0.5) is 0 Å². The van der Waals surface area contributed by atoms with E-state index in [0.29, 0.717) is 16.5 Å². The summed E-state index contributed by atoms with van der Waals surface area (Å²) in [7, 11) is 0. The minimum absolute atomic E-state index is 0.197. The molecule has 0 aliphatic carbocycles. The van der Waals surface area contributed by atoms with Crippen molar-refractivity contribution in [3.63, 3.8) is 0 Å². The van der Waals surface area contributed by atoms with Crippen molar-refractivity contribution in [3.8, 4) is 11.3 Å². The van der Waals surface area contributed by atoms with Crippen molar-refractivity contribution in [3.05, 3.63) is 47.2 Å². The maximum atomic E-state index is 12.1. The van der Waals surface area contributed by atoms with E-state index >= 15 is 0 Å². The van der Waals surface area contributed by atoms with Gasteiger partial charge in [0.05, 0.1) is 0 Å². The van der Waals surface area contributed by atoms with E-state index in [1.807, 2.05) is 32.9 Å². The van der Waals surface area contributed by atoms with Crippen molar-refractivity contribution in [2.24, 2.45) is 0 Å². The zero-order valence-electron chi connectivity index (χ0n) is 11.9. The molecule has 20 heavy (non-hydrogen) atoms. The quantitative estimate of drug-likeness (QED) is 0.900. The third-order valence-corrected chi connectivity index (χ3v) is 3.55. The van der Waals surface area contributed by atoms with Gasteiger partial charge in [0, 0.05) is 16.1 Å². The molecule has 3 nitrogen and oxygen atoms in total. The van der Waals surface area contributed by atoms with Crippen LogP contribution >= 0.6 is 11.6 Å². The Balaban J connectivity index is 2.17. The number of carbonyl (C=O) groups excluding carboxylic acids is 1. The number of carbonyl (C=O) groups is 1. The second-order valence-electron chi connectivity index (χ2n) is 5.36. The van der Waals surface area contributed by atoms with Crippen LogP contribution in [0.2, 0.25) is 5.02 Å². The standard InChI is InChI=1S/C16H18ClNO2/c1-4-16(2,3)18-15(19)14-10-9-13(20-14)11-5-7-12(17)8-6-11/h5-10H,4H2,1-3H3,(H,18,19). The molecule has 0 bridgehead atoms. The van der Waals surface area contributed by atoms with Gasteiger partial charge in [-0.3, -0.25) is 4.79 Å². The van der Waals surface area contributed by atoms with E-state index < -0.39 is 0 Å². The van der Waals surface area contributed by atoms with E-state index in [-0.39, 0.29) is 11.4 Å². The molecule has 1 N–H and O–H groups in total. The number of hydrogen-bond acceptors (Lipinski definition) is 2. The number of hydrogen-bond donors (Lipinski definition) is 1. The highest BCUT2D eigenvalue weighted by molar-refractivity contribution is 6.30. The van der Waals surface area contributed by atoms with Crippen LogP contribution < -0.4 is 5.32 Å². The maximum Gasteiger partial charge on any atom is 0.287 e. The molecule has 0 atom stereocenters. The number of halogens is 1. The van der Waals surface area contributed by atoms with Crippen LogP contribution in [0, 0.1) is 0 Å². The fraction of sp³-hybridized carbons (Fsp3) is 0.312. The zero-order valence-corrected chi connectivity index (χ0v) is 12.6. The normalized spacial score (nSPS) is 11.4. The fourth-order valence-corrected chi connectivity index (χ4v) is 1.81. The van der Waals surface area contributed by atoms with Crippen LogP contribution in [0.25, 0.3) is 11.3 Å². The summed E-state index contributed by atoms with van der Waals surface area (Å²) in [5, 5.41) is 3.61. The Morgan fingerprint density at radius 3 is 2.45 bits per heavy atom. The summed E-state index contributed by atoms with van der Waals surface area (Å²) < 4.78 is 5.61. The first-order valence-electron chi connectivity index (χ1n) is 6.59. The predicted octanol–water partition coefficient (Wildman–Crippen LogP) is 4.52. The molecule has 0 aliphatic heterocycles. The summed E-state index contributed by atoms with van der Waals surface area (Å²) in [6.45, 7) is 5.99. The van der Waals surface area contributed by atoms with Gasteiger partial charge in [0.2, 0.25) is 0 Å². The monoisotopic (exact) mass is 291 g/mol. The molecule has 0 fully saturated rings. The average molecular weight is 292 g/mol. The van der Waals surface area contributed by atoms with Crippen LogP contribution in [0.5, 0.6) is 0 Å². The van der Waals surface area contributed by atoms with Crippen LogP contribution in [0.15, 0.2) is 40.8 Å². The second kappa shape index (κ2) is 5.71. The van der Waals surface area contributed by atoms with Gasteiger partial charge in [0.25, 0.3) is 5.91 Å². The van der Waals surface area contributed by atoms with E-state index in [1.165, 1.54) is 0 Å². The van der Waals surface area contributed by atoms with Crippen molar-refractivity contribution in [1.29, 1.82) is 0 Å². The molecule has 1 aromatic carbocycles. The van der Waals surface area contributed by atoms with Gasteiger partial charge in [0.15, 0.2) is 5.76 Å². The molecule has 106 valence electrons. The van der Waals surface area contributed by atoms with Crippen LogP contribution in [-0.2, 0) is 0 Å². The van der Waals surface area contributed by atoms with Gasteiger partial charge in [-0.15, -0.1) is 0 Å². The lowest BCUT2D eigenvalue weighted by Gasteiger charge is -2.23. The van der Waals surface area contributed by atoms with E-state index in [0.717, 1.165) is 12.0 Å². The van der Waals surface area contributed by atoms with E-state index in [9.17, 15) is 4.79 Å². The van der Waals surface area contributed by atoms with Gasteiger partial charge in [0.1, 0.15) is 5.76 Å². The lowest BCUT2D eigenvalue weighted by Crippen LogP contribution is -2.42. The summed E-state index contributed by atoms with van der Waals surface area (Å²) in [4.78, 5) is 12.1. The molecular weight excluding hydrogens is 274 g/mol. The Morgan fingerprint density at radius 2 is 1.85 bits per heavy atom. The molecule has 0 aliphatic rings. The first-order valence-corrected chi connectivity index (χ1v) is 6.97. The van der Waals surface area contributed by atoms with Gasteiger partial charge in [-0.25, -0.2) is 0 Å². The van der Waals surface area contributed by atoms with E-state index in [4.69, 9.17) is 16.0 Å². The molecule has 0 saturated heterocycles. The predicted molar refractivity (Wildman–Crippen MR) is 81.0 cm³/mol. The highest BCUT2D eigenvalue weighted by Gasteiger charge is 2.21. The molecule has 2 rings (SSSR count). The van der Waals surface area contributed by atoms with Gasteiger partial charge in [-0.1, -0.05) is 18.5 Å². The zero-order chi connectivity index (χ0) is 14.8. The van der Waals surface area contributed by atoms with Crippen molar-refractivity contribution < 1.29 is 9.21 Å². The topological polar surface area (TPSA) is 42.2 Å². The first kappa shape index (κ1) is 14.7. The second-order valence-corrected chi connectivity index (χ2v) is 5.80. The lowest BCUT2D eigenvalue weighted by atomic mass is 10.0. The maximum absolute atomic E-state index is 12.1. The summed E-state index contributed by atoms with van der Waals surface area (Å²) >= 11 is 5.85. The van der Waals surface area contributed by atoms with Gasteiger partial charge in [-0.05, 0) is 56.7 Å². The average Bonchev–Trinajstić information content (AvgIpc) is 2.89. The van der Waals surface area contributed by atoms with E-state index in [1.54, 1.807) is 24.3 Å². The van der Waals surface area contributed by atoms with Crippen LogP contribution in [0.3, 0.4) is 0 Å². The lowest BCUT2D eigenvalue weighted by molar-refractivity contribution is 0.0883. The number of nitrogens with one attached hydrogen (secondary N) is 1. The molecule has 2 aromatic rings. The van der Waals surface area contributed by atoms with Crippen molar-refractivity contribution in [2.45, 2.75) is 32.7 Å². The van der Waals surface area contributed by atoms with Gasteiger partial charge >= 0.3 is 0 Å². The third-order valence-electron chi connectivity index (χ3n) is 3.29. The third kappa shape index (κ3) is 3.42. The van der Waals surface area contributed by atoms with Crippen molar-refractivity contribution in [1.82, 2.24) is 5.32 Å². The number of rotatable bonds is 4. The summed E-state index contributed by atoms with van der Waals surface area (Å²) in [6, 6.07) is 10.8. The molecule has 1 aromatic heterocycles. The Kier molecular flexibility index (Phi) is 4.19. The molecule has 1 amide bonds. The molecule has 1 heterocycles. The van der Waals surface area contributed by atoms with Crippen LogP contribution in [0.1, 0.15) is 37.7 Å². The SMILES string of the molecule is CCC(C)(C)NC(=O)c1ccc(-c2ccc(Cl)cc2)o1. The summed E-state index contributed by atoms with van der Waals surface area (Å²) in [5.41, 5.74) is 0.646. The Labute approximate surface area is 123 Å². The molecule has 4 heteroatoms. The molecule has 0 saturated carbocycles. The Hall–Kier alpha value is -1.74. The van der Waals surface area contributed by atoms with Crippen molar-refractivity contribution in [2.75, 3.05) is 0 Å². The van der Waals surface area contributed by atoms with Crippen molar-refractivity contribution >= 4 is 17.5 Å². The summed E-state index contributed by atoms with van der Waals surface area (Å²) in [5.74, 6) is 0.773. The number of furan rings is 1. The smallest absolute Gasteiger partial charge is 0.287 e. The van der Waals surface area contributed by atoms with Gasteiger partial charge < -0.3 is 9.73 Å². The van der Waals surface area contributed by atoms with Crippen LogP contribution in [-0.4, -0.2) is 11.4 Å². The molecule has 0 unspecified atom stereocenters. The molecule has 0 radical (unpaired) electrons. The van der Waals surface area contributed by atoms with E-state index in [2.05, 4.69) is 5.32 Å². The Bertz CT molecular complexity index is 599. The number of benzene rings is 1. The minimum atomic E-state index is -0.246. The van der Waals surface area contributed by atoms with Gasteiger partial charge in [-0.2, -0.15) is 0 Å². The fourth-order valence-electron chi connectivity index (χ4n) is 1.69. The first-order chi connectivity index (χ1) is 9.41. The number of amides is 1. The minimum Gasteiger partial charge on any atom is -0.451 e. The Morgan fingerprint density at radius 1 is 1.20 bits per heavy atom. The largest absolute Gasteiger partial charge is 0.451 e. The molecule has 0 spiro atoms. The highest BCUT2D eigenvalue weighted by Crippen LogP contribution is 2.24. The molecular formula is C16H18ClNO2.